The van der Waals surface area contributed by atoms with Crippen LogP contribution >= 0.6 is 34.8 Å². The summed E-state index contributed by atoms with van der Waals surface area (Å²) in [4.78, 5) is 20.8. The minimum atomic E-state index is -0.329. The van der Waals surface area contributed by atoms with Gasteiger partial charge in [0.2, 0.25) is 0 Å². The van der Waals surface area contributed by atoms with Crippen molar-refractivity contribution in [2.24, 2.45) is 0 Å². The van der Waals surface area contributed by atoms with Crippen LogP contribution in [0.5, 0.6) is 0 Å². The van der Waals surface area contributed by atoms with Gasteiger partial charge in [-0.05, 0) is 49.7 Å². The number of imidazole rings is 1. The Morgan fingerprint density at radius 2 is 1.50 bits per heavy atom. The SMILES string of the molecule is CN1CCN(CCn2c(=O)n(C3CCN(Cc4ccc(F)cc4Cl)CC3)c3cc(Cl)c(Cl)cc32)CC1. The van der Waals surface area contributed by atoms with Crippen molar-refractivity contribution < 1.29 is 4.39 Å². The third-order valence-electron chi connectivity index (χ3n) is 7.57. The lowest BCUT2D eigenvalue weighted by molar-refractivity contribution is 0.149. The van der Waals surface area contributed by atoms with E-state index < -0.39 is 0 Å². The number of piperazine rings is 1. The van der Waals surface area contributed by atoms with Crippen LogP contribution in [-0.2, 0) is 13.1 Å². The van der Waals surface area contributed by atoms with Gasteiger partial charge in [0.1, 0.15) is 5.82 Å². The average molecular weight is 555 g/mol. The summed E-state index contributed by atoms with van der Waals surface area (Å²) in [7, 11) is 2.14. The molecule has 0 bridgehead atoms. The van der Waals surface area contributed by atoms with Crippen LogP contribution in [0.3, 0.4) is 0 Å². The molecule has 0 N–H and O–H groups in total. The molecule has 5 rings (SSSR count). The molecule has 3 aromatic rings. The maximum absolute atomic E-state index is 13.7. The number of hydrogen-bond acceptors (Lipinski definition) is 4. The first-order valence-electron chi connectivity index (χ1n) is 12.5. The Hall–Kier alpha value is -1.61. The van der Waals surface area contributed by atoms with Crippen molar-refractivity contribution in [2.75, 3.05) is 52.9 Å². The molecule has 0 aliphatic carbocycles. The molecule has 36 heavy (non-hydrogen) atoms. The molecule has 0 atom stereocenters. The van der Waals surface area contributed by atoms with Crippen LogP contribution < -0.4 is 5.69 Å². The molecule has 0 unspecified atom stereocenters. The second kappa shape index (κ2) is 11.0. The number of likely N-dealkylation sites (N-methyl/N-ethyl adjacent to an activating group) is 1. The van der Waals surface area contributed by atoms with Crippen LogP contribution in [0, 0.1) is 5.82 Å². The van der Waals surface area contributed by atoms with E-state index in [4.69, 9.17) is 34.8 Å². The monoisotopic (exact) mass is 553 g/mol. The zero-order valence-corrected chi connectivity index (χ0v) is 22.7. The minimum Gasteiger partial charge on any atom is -0.304 e. The van der Waals surface area contributed by atoms with Crippen molar-refractivity contribution in [3.8, 4) is 0 Å². The highest BCUT2D eigenvalue weighted by Gasteiger charge is 2.26. The molecule has 0 radical (unpaired) electrons. The van der Waals surface area contributed by atoms with Gasteiger partial charge in [-0.15, -0.1) is 0 Å². The topological polar surface area (TPSA) is 36.6 Å². The van der Waals surface area contributed by atoms with Gasteiger partial charge >= 0.3 is 5.69 Å². The Kier molecular flexibility index (Phi) is 7.96. The lowest BCUT2D eigenvalue weighted by atomic mass is 10.0. The molecule has 2 aromatic carbocycles. The van der Waals surface area contributed by atoms with E-state index in [1.54, 1.807) is 6.07 Å². The van der Waals surface area contributed by atoms with Crippen molar-refractivity contribution in [3.63, 3.8) is 0 Å². The smallest absolute Gasteiger partial charge is 0.304 e. The van der Waals surface area contributed by atoms with Crippen molar-refractivity contribution in [1.82, 2.24) is 23.8 Å². The van der Waals surface area contributed by atoms with Gasteiger partial charge < -0.3 is 4.90 Å². The third-order valence-corrected chi connectivity index (χ3v) is 8.65. The molecule has 194 valence electrons. The summed E-state index contributed by atoms with van der Waals surface area (Å²) in [5, 5.41) is 1.36. The maximum atomic E-state index is 13.7. The third kappa shape index (κ3) is 5.47. The second-order valence-corrected chi connectivity index (χ2v) is 11.2. The number of benzene rings is 2. The first-order chi connectivity index (χ1) is 17.3. The van der Waals surface area contributed by atoms with Gasteiger partial charge in [-0.3, -0.25) is 18.9 Å². The average Bonchev–Trinajstić information content (AvgIpc) is 3.11. The van der Waals surface area contributed by atoms with Crippen LogP contribution in [0.25, 0.3) is 11.0 Å². The van der Waals surface area contributed by atoms with Crippen LogP contribution in [0.4, 0.5) is 4.39 Å². The Balaban J connectivity index is 1.35. The maximum Gasteiger partial charge on any atom is 0.329 e. The van der Waals surface area contributed by atoms with E-state index in [2.05, 4.69) is 21.7 Å². The van der Waals surface area contributed by atoms with Gasteiger partial charge in [-0.2, -0.15) is 0 Å². The Morgan fingerprint density at radius 1 is 0.833 bits per heavy atom. The van der Waals surface area contributed by atoms with E-state index in [0.717, 1.165) is 75.3 Å². The normalized spacial score (nSPS) is 18.9. The Morgan fingerprint density at radius 3 is 2.17 bits per heavy atom. The van der Waals surface area contributed by atoms with Crippen molar-refractivity contribution >= 4 is 45.8 Å². The number of fused-ring (bicyclic) bond motifs is 1. The summed E-state index contributed by atoms with van der Waals surface area (Å²) < 4.78 is 17.2. The van der Waals surface area contributed by atoms with Crippen molar-refractivity contribution in [1.29, 1.82) is 0 Å². The number of piperidine rings is 1. The van der Waals surface area contributed by atoms with Gasteiger partial charge in [-0.25, -0.2) is 9.18 Å². The first-order valence-corrected chi connectivity index (χ1v) is 13.6. The molecule has 0 saturated carbocycles. The number of hydrogen-bond donors (Lipinski definition) is 0. The minimum absolute atomic E-state index is 0.00232. The van der Waals surface area contributed by atoms with Gasteiger partial charge in [0.05, 0.1) is 21.1 Å². The Bertz CT molecular complexity index is 1290. The number of rotatable bonds is 6. The van der Waals surface area contributed by atoms with Crippen LogP contribution in [0.2, 0.25) is 15.1 Å². The molecule has 1 aromatic heterocycles. The molecule has 2 aliphatic rings. The number of likely N-dealkylation sites (tertiary alicyclic amines) is 1. The van der Waals surface area contributed by atoms with Crippen LogP contribution in [-0.4, -0.2) is 76.7 Å². The number of halogens is 4. The molecule has 0 amide bonds. The molecule has 10 heteroatoms. The van der Waals surface area contributed by atoms with Gasteiger partial charge in [-0.1, -0.05) is 40.9 Å². The molecule has 6 nitrogen and oxygen atoms in total. The van der Waals surface area contributed by atoms with E-state index >= 15 is 0 Å². The Labute approximate surface area is 225 Å². The summed E-state index contributed by atoms with van der Waals surface area (Å²) >= 11 is 19.0. The lowest BCUT2D eigenvalue weighted by Gasteiger charge is -2.33. The molecular weight excluding hydrogens is 524 g/mol. The van der Waals surface area contributed by atoms with Gasteiger partial charge in [0.25, 0.3) is 0 Å². The summed E-state index contributed by atoms with van der Waals surface area (Å²) in [5.74, 6) is -0.329. The molecule has 3 heterocycles. The number of nitrogens with zero attached hydrogens (tertiary/aromatic N) is 5. The summed E-state index contributed by atoms with van der Waals surface area (Å²) in [6.45, 7) is 7.84. The highest BCUT2D eigenvalue weighted by Crippen LogP contribution is 2.32. The largest absolute Gasteiger partial charge is 0.329 e. The molecule has 2 fully saturated rings. The van der Waals surface area contributed by atoms with E-state index in [9.17, 15) is 9.18 Å². The van der Waals surface area contributed by atoms with Crippen molar-refractivity contribution in [2.45, 2.75) is 32.0 Å². The fraction of sp³-hybridized carbons (Fsp3) is 0.500. The van der Waals surface area contributed by atoms with Crippen LogP contribution in [0.15, 0.2) is 35.1 Å². The lowest BCUT2D eigenvalue weighted by Crippen LogP contribution is -2.46. The summed E-state index contributed by atoms with van der Waals surface area (Å²) in [6.07, 6.45) is 1.66. The standard InChI is InChI=1S/C26H31Cl3FN5O/c1-31-8-10-32(11-9-31)12-13-34-24-15-22(28)23(29)16-25(24)35(26(34)36)20-4-6-33(7-5-20)17-18-2-3-19(30)14-21(18)27/h2-3,14-16,20H,4-13,17H2,1H3. The van der Waals surface area contributed by atoms with E-state index in [1.807, 2.05) is 21.3 Å². The summed E-state index contributed by atoms with van der Waals surface area (Å²) in [6, 6.07) is 8.27. The zero-order valence-electron chi connectivity index (χ0n) is 20.4. The molecular formula is C26H31Cl3FN5O. The highest BCUT2D eigenvalue weighted by molar-refractivity contribution is 6.42. The fourth-order valence-corrected chi connectivity index (χ4v) is 5.92. The predicted octanol–water partition coefficient (Wildman–Crippen LogP) is 4.99. The van der Waals surface area contributed by atoms with E-state index in [1.165, 1.54) is 12.1 Å². The molecule has 0 spiro atoms. The zero-order chi connectivity index (χ0) is 25.4. The van der Waals surface area contributed by atoms with E-state index in [0.29, 0.717) is 28.2 Å². The predicted molar refractivity (Wildman–Crippen MR) is 145 cm³/mol. The highest BCUT2D eigenvalue weighted by atomic mass is 35.5. The van der Waals surface area contributed by atoms with Gasteiger partial charge in [0.15, 0.2) is 0 Å². The molecule has 2 saturated heterocycles. The molecule has 2 aliphatic heterocycles. The fourth-order valence-electron chi connectivity index (χ4n) is 5.38. The van der Waals surface area contributed by atoms with E-state index in [-0.39, 0.29) is 17.5 Å². The second-order valence-electron chi connectivity index (χ2n) is 9.95. The quantitative estimate of drug-likeness (QED) is 0.430. The first kappa shape index (κ1) is 26.0. The van der Waals surface area contributed by atoms with Crippen molar-refractivity contribution in [3.05, 3.63) is 67.3 Å². The van der Waals surface area contributed by atoms with Crippen LogP contribution in [0.1, 0.15) is 24.4 Å². The van der Waals surface area contributed by atoms with Gasteiger partial charge in [0, 0.05) is 70.0 Å². The summed E-state index contributed by atoms with van der Waals surface area (Å²) in [5.41, 5.74) is 2.59. The number of aromatic nitrogens is 2.